The van der Waals surface area contributed by atoms with Gasteiger partial charge in [0.25, 0.3) is 0 Å². The summed E-state index contributed by atoms with van der Waals surface area (Å²) in [5, 5.41) is 12.5. The van der Waals surface area contributed by atoms with Crippen LogP contribution in [-0.4, -0.2) is 16.6 Å². The average molecular weight is 395 g/mol. The second-order valence-corrected chi connectivity index (χ2v) is 7.73. The minimum Gasteiger partial charge on any atom is -0.353 e. The second kappa shape index (κ2) is 8.55. The number of aliphatic hydroxyl groups is 1. The summed E-state index contributed by atoms with van der Waals surface area (Å²) in [6, 6.07) is 7.22. The third kappa shape index (κ3) is 3.98. The molecule has 1 N–H and O–H groups in total. The number of fused-ring (bicyclic) bond motifs is 1. The fraction of sp³-hybridized carbons (Fsp3) is 0.500. The third-order valence-corrected chi connectivity index (χ3v) is 5.73. The van der Waals surface area contributed by atoms with E-state index in [2.05, 4.69) is 11.9 Å². The molecule has 3 rings (SSSR count). The van der Waals surface area contributed by atoms with E-state index < -0.39 is 5.72 Å². The van der Waals surface area contributed by atoms with Crippen LogP contribution in [0.4, 0.5) is 5.95 Å². The summed E-state index contributed by atoms with van der Waals surface area (Å²) in [6.07, 6.45) is 10.9. The van der Waals surface area contributed by atoms with Crippen molar-refractivity contribution >= 4 is 29.2 Å². The minimum atomic E-state index is -1.17. The lowest BCUT2D eigenvalue weighted by molar-refractivity contribution is -0.685. The van der Waals surface area contributed by atoms with Gasteiger partial charge in [-0.2, -0.15) is 0 Å². The first-order chi connectivity index (χ1) is 12.6. The van der Waals surface area contributed by atoms with Gasteiger partial charge in [0.15, 0.2) is 0 Å². The van der Waals surface area contributed by atoms with Gasteiger partial charge in [-0.1, -0.05) is 73.3 Å². The maximum Gasteiger partial charge on any atom is 0.396 e. The number of aromatic nitrogens is 2. The lowest BCUT2D eigenvalue weighted by Gasteiger charge is -2.28. The SMILES string of the molecule is CCCCCCCCN1c2nccc[n+]2C[C@@]1(O)c1ccc(Cl)c(Cl)c1. The summed E-state index contributed by atoms with van der Waals surface area (Å²) in [5.74, 6) is 0.787. The van der Waals surface area contributed by atoms with Gasteiger partial charge in [0.2, 0.25) is 5.72 Å². The van der Waals surface area contributed by atoms with Crippen molar-refractivity contribution in [2.24, 2.45) is 0 Å². The summed E-state index contributed by atoms with van der Waals surface area (Å²) in [7, 11) is 0. The van der Waals surface area contributed by atoms with E-state index in [1.54, 1.807) is 18.3 Å². The first kappa shape index (κ1) is 19.4. The number of nitrogens with zero attached hydrogens (tertiary/aromatic N) is 3. The molecular weight excluding hydrogens is 369 g/mol. The molecule has 140 valence electrons. The fourth-order valence-electron chi connectivity index (χ4n) is 3.56. The maximum absolute atomic E-state index is 11.6. The zero-order valence-corrected chi connectivity index (χ0v) is 16.7. The predicted octanol–water partition coefficient (Wildman–Crippen LogP) is 4.70. The average Bonchev–Trinajstić information content (AvgIpc) is 2.93. The highest BCUT2D eigenvalue weighted by Crippen LogP contribution is 2.36. The zero-order chi connectivity index (χ0) is 18.6. The molecule has 2 heterocycles. The lowest BCUT2D eigenvalue weighted by Crippen LogP contribution is -2.46. The van der Waals surface area contributed by atoms with Gasteiger partial charge in [-0.15, -0.1) is 0 Å². The van der Waals surface area contributed by atoms with Crippen molar-refractivity contribution in [3.05, 3.63) is 52.3 Å². The van der Waals surface area contributed by atoms with E-state index in [4.69, 9.17) is 23.2 Å². The van der Waals surface area contributed by atoms with Crippen molar-refractivity contribution in [2.75, 3.05) is 11.4 Å². The van der Waals surface area contributed by atoms with Crippen LogP contribution in [0.2, 0.25) is 10.0 Å². The molecule has 1 aliphatic heterocycles. The molecule has 0 amide bonds. The van der Waals surface area contributed by atoms with Gasteiger partial charge in [0, 0.05) is 11.6 Å². The van der Waals surface area contributed by atoms with Crippen LogP contribution in [0, 0.1) is 0 Å². The van der Waals surface area contributed by atoms with Crippen molar-refractivity contribution in [3.8, 4) is 0 Å². The molecule has 1 aromatic heterocycles. The van der Waals surface area contributed by atoms with Gasteiger partial charge >= 0.3 is 5.95 Å². The number of anilines is 1. The molecule has 0 radical (unpaired) electrons. The first-order valence-corrected chi connectivity index (χ1v) is 10.1. The largest absolute Gasteiger partial charge is 0.396 e. The number of hydrogen-bond acceptors (Lipinski definition) is 3. The van der Waals surface area contributed by atoms with Crippen molar-refractivity contribution in [1.29, 1.82) is 0 Å². The van der Waals surface area contributed by atoms with Gasteiger partial charge < -0.3 is 5.11 Å². The van der Waals surface area contributed by atoms with Crippen LogP contribution in [0.3, 0.4) is 0 Å². The minimum absolute atomic E-state index is 0.421. The number of benzene rings is 1. The van der Waals surface area contributed by atoms with Crippen LogP contribution < -0.4 is 9.47 Å². The van der Waals surface area contributed by atoms with Gasteiger partial charge in [-0.05, 0) is 18.6 Å². The number of halogens is 2. The highest BCUT2D eigenvalue weighted by atomic mass is 35.5. The lowest BCUT2D eigenvalue weighted by atomic mass is 10.0. The highest BCUT2D eigenvalue weighted by molar-refractivity contribution is 6.42. The molecule has 26 heavy (non-hydrogen) atoms. The Hall–Kier alpha value is -1.36. The number of hydrogen-bond donors (Lipinski definition) is 1. The second-order valence-electron chi connectivity index (χ2n) is 6.91. The van der Waals surface area contributed by atoms with E-state index in [9.17, 15) is 5.11 Å². The van der Waals surface area contributed by atoms with Crippen LogP contribution in [0.5, 0.6) is 0 Å². The zero-order valence-electron chi connectivity index (χ0n) is 15.2. The van der Waals surface area contributed by atoms with Crippen molar-refractivity contribution in [2.45, 2.75) is 57.7 Å². The van der Waals surface area contributed by atoms with E-state index in [-0.39, 0.29) is 0 Å². The molecule has 1 aliphatic rings. The number of unbranched alkanes of at least 4 members (excludes halogenated alkanes) is 5. The van der Waals surface area contributed by atoms with E-state index in [0.29, 0.717) is 16.6 Å². The van der Waals surface area contributed by atoms with Crippen LogP contribution in [0.25, 0.3) is 0 Å². The van der Waals surface area contributed by atoms with Crippen LogP contribution >= 0.6 is 23.2 Å². The Morgan fingerprint density at radius 2 is 1.92 bits per heavy atom. The molecule has 2 aromatic rings. The first-order valence-electron chi connectivity index (χ1n) is 9.36. The normalized spacial score (nSPS) is 19.0. The maximum atomic E-state index is 11.6. The van der Waals surface area contributed by atoms with Gasteiger partial charge in [0.1, 0.15) is 12.7 Å². The molecule has 1 aromatic carbocycles. The summed E-state index contributed by atoms with van der Waals surface area (Å²) in [6.45, 7) is 3.39. The van der Waals surface area contributed by atoms with E-state index >= 15 is 0 Å². The summed E-state index contributed by atoms with van der Waals surface area (Å²) >= 11 is 12.3. The fourth-order valence-corrected chi connectivity index (χ4v) is 3.85. The smallest absolute Gasteiger partial charge is 0.353 e. The topological polar surface area (TPSA) is 40.2 Å². The molecule has 1 atom stereocenters. The Morgan fingerprint density at radius 3 is 2.69 bits per heavy atom. The molecule has 4 nitrogen and oxygen atoms in total. The Labute approximate surface area is 165 Å². The van der Waals surface area contributed by atoms with Crippen molar-refractivity contribution < 1.29 is 9.67 Å². The van der Waals surface area contributed by atoms with Crippen LogP contribution in [-0.2, 0) is 12.3 Å². The van der Waals surface area contributed by atoms with Gasteiger partial charge in [0.05, 0.1) is 22.8 Å². The molecule has 0 aliphatic carbocycles. The quantitative estimate of drug-likeness (QED) is 0.520. The Morgan fingerprint density at radius 1 is 1.15 bits per heavy atom. The molecule has 0 spiro atoms. The van der Waals surface area contributed by atoms with Gasteiger partial charge in [-0.3, -0.25) is 0 Å². The Balaban J connectivity index is 1.80. The van der Waals surface area contributed by atoms with E-state index in [1.165, 1.54) is 25.7 Å². The summed E-state index contributed by atoms with van der Waals surface area (Å²) in [5.41, 5.74) is -0.428. The molecule has 0 saturated heterocycles. The summed E-state index contributed by atoms with van der Waals surface area (Å²) in [4.78, 5) is 6.49. The van der Waals surface area contributed by atoms with Crippen LogP contribution in [0.1, 0.15) is 51.0 Å². The standard InChI is InChI=1S/C20H26Cl2N3O/c1-2-3-4-5-6-7-13-25-19-23-11-8-12-24(19)15-20(25,26)16-9-10-17(21)18(22)14-16/h8-12,14,26H,2-7,13,15H2,1H3/q+1/t20-/m1/s1. The van der Waals surface area contributed by atoms with Crippen molar-refractivity contribution in [3.63, 3.8) is 0 Å². The monoisotopic (exact) mass is 394 g/mol. The molecule has 0 fully saturated rings. The third-order valence-electron chi connectivity index (χ3n) is 4.99. The Kier molecular flexibility index (Phi) is 6.38. The molecule has 0 saturated carbocycles. The molecule has 6 heteroatoms. The molecular formula is C20H26Cl2N3O+. The molecule has 0 bridgehead atoms. The van der Waals surface area contributed by atoms with Crippen LogP contribution in [0.15, 0.2) is 36.7 Å². The molecule has 0 unspecified atom stereocenters. The number of rotatable bonds is 8. The summed E-state index contributed by atoms with van der Waals surface area (Å²) < 4.78 is 1.99. The van der Waals surface area contributed by atoms with E-state index in [0.717, 1.165) is 30.9 Å². The predicted molar refractivity (Wildman–Crippen MR) is 106 cm³/mol. The van der Waals surface area contributed by atoms with E-state index in [1.807, 2.05) is 27.8 Å². The van der Waals surface area contributed by atoms with Gasteiger partial charge in [-0.25, -0.2) is 9.47 Å². The van der Waals surface area contributed by atoms with Crippen molar-refractivity contribution in [1.82, 2.24) is 4.98 Å². The Bertz CT molecular complexity index is 756. The highest BCUT2D eigenvalue weighted by Gasteiger charge is 2.51.